The van der Waals surface area contributed by atoms with Crippen LogP contribution in [0.2, 0.25) is 0 Å². The molecular formula is C45H47N3O8. The number of rotatable bonds is 2. The second kappa shape index (κ2) is 18.7. The number of hydrogen-bond acceptors (Lipinski definition) is 11. The number of phenols is 5. The Kier molecular flexibility index (Phi) is 13.8. The van der Waals surface area contributed by atoms with Crippen LogP contribution in [0.5, 0.6) is 40.2 Å². The summed E-state index contributed by atoms with van der Waals surface area (Å²) >= 11 is 0. The van der Waals surface area contributed by atoms with Gasteiger partial charge in [-0.25, -0.2) is 0 Å². The van der Waals surface area contributed by atoms with E-state index in [9.17, 15) is 20.4 Å². The molecule has 0 amide bonds. The van der Waals surface area contributed by atoms with Gasteiger partial charge in [0.1, 0.15) is 47.0 Å². The van der Waals surface area contributed by atoms with Gasteiger partial charge in [-0.15, -0.1) is 0 Å². The topological polar surface area (TPSA) is 169 Å². The minimum Gasteiger partial charge on any atom is -0.508 e. The molecule has 7 aromatic carbocycles. The van der Waals surface area contributed by atoms with E-state index in [-0.39, 0.29) is 43.6 Å². The maximum atomic E-state index is 9.55. The van der Waals surface area contributed by atoms with Crippen molar-refractivity contribution in [3.05, 3.63) is 145 Å². The minimum absolute atomic E-state index is 0. The lowest BCUT2D eigenvalue weighted by molar-refractivity contribution is -0.0980. The number of nitrogens with zero attached hydrogens (tertiary/aromatic N) is 2. The van der Waals surface area contributed by atoms with Crippen LogP contribution in [0.15, 0.2) is 133 Å². The average molecular weight is 758 g/mol. The molecule has 11 heteroatoms. The van der Waals surface area contributed by atoms with Crippen LogP contribution in [0.25, 0.3) is 21.5 Å². The molecule has 0 atom stereocenters. The number of benzene rings is 7. The second-order valence-corrected chi connectivity index (χ2v) is 12.4. The van der Waals surface area contributed by atoms with Crippen molar-refractivity contribution in [2.45, 2.75) is 27.9 Å². The Morgan fingerprint density at radius 1 is 0.464 bits per heavy atom. The van der Waals surface area contributed by atoms with Crippen LogP contribution in [0.4, 0.5) is 17.1 Å². The van der Waals surface area contributed by atoms with E-state index in [1.165, 1.54) is 0 Å². The molecule has 0 bridgehead atoms. The van der Waals surface area contributed by atoms with E-state index >= 15 is 0 Å². The third-order valence-electron chi connectivity index (χ3n) is 8.92. The lowest BCUT2D eigenvalue weighted by Gasteiger charge is -2.33. The number of nitrogen functional groups attached to an aromatic ring is 1. The molecule has 0 fully saturated rings. The molecular weight excluding hydrogens is 711 g/mol. The van der Waals surface area contributed by atoms with Crippen molar-refractivity contribution in [3.63, 3.8) is 0 Å². The molecule has 0 spiro atoms. The summed E-state index contributed by atoms with van der Waals surface area (Å²) in [6.07, 6.45) is 0. The van der Waals surface area contributed by atoms with Crippen LogP contribution in [0.3, 0.4) is 0 Å². The van der Waals surface area contributed by atoms with Gasteiger partial charge in [0.05, 0.1) is 0 Å². The fraction of sp³-hybridized carbons (Fsp3) is 0.133. The van der Waals surface area contributed by atoms with Crippen LogP contribution in [-0.4, -0.2) is 45.8 Å². The largest absolute Gasteiger partial charge is 0.508 e. The van der Waals surface area contributed by atoms with E-state index in [1.807, 2.05) is 31.1 Å². The standard InChI is InChI=1S/C26H22N2O4.C10H8O2.C6H7NO.CH2O.2CH4/c29-21-7-3-19(4-8-21)27-13-17-1-11-23-24(25(17)31-15-27)12-2-18-14-28(16-32-26(18)23)20-5-9-22(30)10-6-20;11-9-5-1-3-7-8(9)4-2-6-10(7)12;7-5-1-3-6(8)4-2-5;1-2;;/h1-12,29-30H,13-16H2;1-6,11-12H;1-4,8H,7H2;1H2;2*1H4. The normalized spacial score (nSPS) is 12.1. The Bertz CT molecular complexity index is 2190. The first-order valence-corrected chi connectivity index (χ1v) is 16.9. The van der Waals surface area contributed by atoms with Crippen molar-refractivity contribution in [1.29, 1.82) is 0 Å². The van der Waals surface area contributed by atoms with E-state index in [2.05, 4.69) is 34.1 Å². The smallest absolute Gasteiger partial charge is 0.161 e. The molecule has 290 valence electrons. The molecule has 11 nitrogen and oxygen atoms in total. The third kappa shape index (κ3) is 9.26. The summed E-state index contributed by atoms with van der Waals surface area (Å²) in [5.41, 5.74) is 10.3. The number of ether oxygens (including phenoxy) is 2. The Morgan fingerprint density at radius 3 is 1.18 bits per heavy atom. The Labute approximate surface area is 326 Å². The zero-order valence-corrected chi connectivity index (χ0v) is 29.2. The lowest BCUT2D eigenvalue weighted by Crippen LogP contribution is -2.32. The number of aromatic hydroxyl groups is 5. The van der Waals surface area contributed by atoms with Crippen molar-refractivity contribution in [1.82, 2.24) is 0 Å². The second-order valence-electron chi connectivity index (χ2n) is 12.4. The molecule has 0 unspecified atom stereocenters. The molecule has 7 aromatic rings. The highest BCUT2D eigenvalue weighted by atomic mass is 16.5. The molecule has 56 heavy (non-hydrogen) atoms. The molecule has 0 aromatic heterocycles. The fourth-order valence-corrected chi connectivity index (χ4v) is 6.23. The van der Waals surface area contributed by atoms with E-state index < -0.39 is 0 Å². The maximum absolute atomic E-state index is 9.55. The van der Waals surface area contributed by atoms with Gasteiger partial charge in [-0.05, 0) is 84.9 Å². The number of anilines is 3. The molecule has 2 heterocycles. The predicted octanol–water partition coefficient (Wildman–Crippen LogP) is 9.28. The van der Waals surface area contributed by atoms with Gasteiger partial charge in [-0.2, -0.15) is 0 Å². The summed E-state index contributed by atoms with van der Waals surface area (Å²) in [5.74, 6) is 2.97. The van der Waals surface area contributed by atoms with E-state index in [1.54, 1.807) is 84.9 Å². The van der Waals surface area contributed by atoms with Crippen molar-refractivity contribution in [2.24, 2.45) is 0 Å². The molecule has 2 aliphatic heterocycles. The number of nitrogens with two attached hydrogens (primary N) is 1. The van der Waals surface area contributed by atoms with E-state index in [0.29, 0.717) is 29.9 Å². The molecule has 2 aliphatic rings. The molecule has 9 rings (SSSR count). The van der Waals surface area contributed by atoms with Gasteiger partial charge in [-0.1, -0.05) is 63.4 Å². The quantitative estimate of drug-likeness (QED) is 0.0734. The number of phenolic OH excluding ortho intramolecular Hbond substituents is 5. The van der Waals surface area contributed by atoms with Crippen LogP contribution in [0, 0.1) is 0 Å². The highest BCUT2D eigenvalue weighted by Crippen LogP contribution is 2.42. The highest BCUT2D eigenvalue weighted by molar-refractivity contribution is 5.96. The number of hydrogen-bond donors (Lipinski definition) is 6. The summed E-state index contributed by atoms with van der Waals surface area (Å²) in [6, 6.07) is 39.4. The van der Waals surface area contributed by atoms with Gasteiger partial charge in [0, 0.05) is 62.8 Å². The summed E-state index contributed by atoms with van der Waals surface area (Å²) in [5, 5.41) is 50.0. The molecule has 0 aliphatic carbocycles. The first kappa shape index (κ1) is 41.5. The highest BCUT2D eigenvalue weighted by Gasteiger charge is 2.25. The first-order chi connectivity index (χ1) is 26.2. The van der Waals surface area contributed by atoms with Crippen molar-refractivity contribution in [3.8, 4) is 40.2 Å². The number of carbonyl (C=O) groups excluding carboxylic acids is 1. The van der Waals surface area contributed by atoms with Crippen molar-refractivity contribution < 1.29 is 39.8 Å². The Hall–Kier alpha value is -7.27. The molecule has 0 saturated heterocycles. The summed E-state index contributed by atoms with van der Waals surface area (Å²) < 4.78 is 12.4. The van der Waals surface area contributed by atoms with Crippen molar-refractivity contribution in [2.75, 3.05) is 29.0 Å². The monoisotopic (exact) mass is 757 g/mol. The Balaban J connectivity index is 0.000000239. The van der Waals surface area contributed by atoms with Crippen LogP contribution < -0.4 is 25.0 Å². The summed E-state index contributed by atoms with van der Waals surface area (Å²) in [6.45, 7) is 4.37. The minimum atomic E-state index is 0. The fourth-order valence-electron chi connectivity index (χ4n) is 6.23. The van der Waals surface area contributed by atoms with Gasteiger partial charge < -0.3 is 55.3 Å². The maximum Gasteiger partial charge on any atom is 0.161 e. The Morgan fingerprint density at radius 2 is 0.821 bits per heavy atom. The molecule has 0 saturated carbocycles. The number of carbonyl (C=O) groups is 1. The van der Waals surface area contributed by atoms with Crippen molar-refractivity contribution >= 4 is 45.4 Å². The van der Waals surface area contributed by atoms with Gasteiger partial charge in [0.15, 0.2) is 13.5 Å². The zero-order chi connectivity index (χ0) is 38.2. The lowest BCUT2D eigenvalue weighted by atomic mass is 9.99. The molecule has 7 N–H and O–H groups in total. The third-order valence-corrected chi connectivity index (χ3v) is 8.92. The van der Waals surface area contributed by atoms with Crippen LogP contribution >= 0.6 is 0 Å². The van der Waals surface area contributed by atoms with Gasteiger partial charge in [0.2, 0.25) is 0 Å². The van der Waals surface area contributed by atoms with Crippen LogP contribution in [-0.2, 0) is 17.9 Å². The van der Waals surface area contributed by atoms with E-state index in [4.69, 9.17) is 25.1 Å². The molecule has 0 radical (unpaired) electrons. The summed E-state index contributed by atoms with van der Waals surface area (Å²) in [4.78, 5) is 12.3. The van der Waals surface area contributed by atoms with E-state index in [0.717, 1.165) is 57.9 Å². The average Bonchev–Trinajstić information content (AvgIpc) is 3.20. The summed E-state index contributed by atoms with van der Waals surface area (Å²) in [7, 11) is 0. The number of fused-ring (bicyclic) bond motifs is 6. The predicted molar refractivity (Wildman–Crippen MR) is 224 cm³/mol. The SMILES string of the molecule is C.C.C=O.Nc1ccc(O)cc1.Oc1ccc(N2COc3c(ccc4c5c(ccc34)CN(c3ccc(O)cc3)CO5)C2)cc1.Oc1cccc2c(O)cccc12. The van der Waals surface area contributed by atoms with Gasteiger partial charge in [0.25, 0.3) is 0 Å². The van der Waals surface area contributed by atoms with Gasteiger partial charge >= 0.3 is 0 Å². The van der Waals surface area contributed by atoms with Gasteiger partial charge in [-0.3, -0.25) is 0 Å². The zero-order valence-electron chi connectivity index (χ0n) is 29.2. The first-order valence-electron chi connectivity index (χ1n) is 16.9. The van der Waals surface area contributed by atoms with Crippen LogP contribution in [0.1, 0.15) is 26.0 Å².